The van der Waals surface area contributed by atoms with Gasteiger partial charge in [0, 0.05) is 5.02 Å². The van der Waals surface area contributed by atoms with Gasteiger partial charge in [-0.05, 0) is 36.4 Å². The maximum absolute atomic E-state index is 12.8. The third-order valence-corrected chi connectivity index (χ3v) is 5.54. The van der Waals surface area contributed by atoms with Gasteiger partial charge in [-0.1, -0.05) is 23.7 Å². The van der Waals surface area contributed by atoms with Crippen molar-refractivity contribution in [2.45, 2.75) is 9.92 Å². The molecular formula is C15H9ClN4O3S. The first-order valence-corrected chi connectivity index (χ1v) is 8.71. The Morgan fingerprint density at radius 1 is 1.04 bits per heavy atom. The third kappa shape index (κ3) is 2.11. The minimum atomic E-state index is -3.95. The predicted molar refractivity (Wildman–Crippen MR) is 88.0 cm³/mol. The van der Waals surface area contributed by atoms with E-state index in [4.69, 9.17) is 11.6 Å². The Hall–Kier alpha value is -2.71. The van der Waals surface area contributed by atoms with E-state index in [9.17, 15) is 13.2 Å². The Kier molecular flexibility index (Phi) is 3.19. The molecule has 0 aliphatic heterocycles. The van der Waals surface area contributed by atoms with Crippen LogP contribution in [0.5, 0.6) is 0 Å². The summed E-state index contributed by atoms with van der Waals surface area (Å²) < 4.78 is 26.9. The largest absolute Gasteiger partial charge is 0.281 e. The highest BCUT2D eigenvalue weighted by Gasteiger charge is 2.26. The molecule has 4 rings (SSSR count). The maximum atomic E-state index is 12.8. The molecule has 0 amide bonds. The van der Waals surface area contributed by atoms with Crippen LogP contribution in [0, 0.1) is 0 Å². The Morgan fingerprint density at radius 3 is 2.50 bits per heavy atom. The third-order valence-electron chi connectivity index (χ3n) is 3.62. The fourth-order valence-corrected chi connectivity index (χ4v) is 3.85. The topological polar surface area (TPSA) is 97.2 Å². The number of aromatic amines is 1. The van der Waals surface area contributed by atoms with E-state index in [1.807, 2.05) is 0 Å². The van der Waals surface area contributed by atoms with Gasteiger partial charge < -0.3 is 0 Å². The molecule has 0 atom stereocenters. The van der Waals surface area contributed by atoms with Crippen LogP contribution in [0.2, 0.25) is 5.02 Å². The van der Waals surface area contributed by atoms with Gasteiger partial charge in [0.2, 0.25) is 14.9 Å². The van der Waals surface area contributed by atoms with Crippen LogP contribution in [-0.2, 0) is 9.84 Å². The zero-order chi connectivity index (χ0) is 16.9. The molecule has 2 aromatic carbocycles. The predicted octanol–water partition coefficient (Wildman–Crippen LogP) is 2.06. The van der Waals surface area contributed by atoms with E-state index in [1.165, 1.54) is 28.8 Å². The second kappa shape index (κ2) is 5.15. The fraction of sp³-hybridized carbons (Fsp3) is 0. The lowest BCUT2D eigenvalue weighted by Gasteiger charge is -2.02. The maximum Gasteiger partial charge on any atom is 0.281 e. The Morgan fingerprint density at radius 2 is 1.75 bits per heavy atom. The standard InChI is InChI=1S/C15H9ClN4O3S/c16-9-5-7-10(8-6-9)24(22,23)15-13-17-14(21)11-3-1-2-4-12(11)20(13)19-18-15/h1-8,19H. The normalized spacial score (nSPS) is 12.0. The van der Waals surface area contributed by atoms with Gasteiger partial charge in [-0.3, -0.25) is 4.79 Å². The molecule has 0 aliphatic rings. The summed E-state index contributed by atoms with van der Waals surface area (Å²) in [5.74, 6) is 0. The van der Waals surface area contributed by atoms with Crippen LogP contribution in [0.15, 0.2) is 63.2 Å². The molecule has 0 aliphatic carbocycles. The second-order valence-corrected chi connectivity index (χ2v) is 7.37. The van der Waals surface area contributed by atoms with Crippen molar-refractivity contribution >= 4 is 38.0 Å². The van der Waals surface area contributed by atoms with E-state index in [0.717, 1.165) is 0 Å². The molecule has 120 valence electrons. The van der Waals surface area contributed by atoms with Gasteiger partial charge in [-0.2, -0.15) is 4.98 Å². The number of sulfone groups is 1. The second-order valence-electron chi connectivity index (χ2n) is 5.07. The molecule has 0 radical (unpaired) electrons. The number of benzene rings is 2. The number of aromatic nitrogens is 4. The molecule has 0 unspecified atom stereocenters. The van der Waals surface area contributed by atoms with Gasteiger partial charge in [-0.15, -0.1) is 5.10 Å². The molecule has 7 nitrogen and oxygen atoms in total. The lowest BCUT2D eigenvalue weighted by molar-refractivity contribution is 0.592. The first kappa shape index (κ1) is 14.9. The molecule has 1 N–H and O–H groups in total. The number of halogens is 1. The van der Waals surface area contributed by atoms with E-state index < -0.39 is 15.4 Å². The molecule has 0 saturated heterocycles. The fourth-order valence-electron chi connectivity index (χ4n) is 2.47. The summed E-state index contributed by atoms with van der Waals surface area (Å²) in [5, 5.41) is 6.95. The quantitative estimate of drug-likeness (QED) is 0.590. The van der Waals surface area contributed by atoms with Crippen LogP contribution in [-0.4, -0.2) is 28.2 Å². The Balaban J connectivity index is 2.05. The molecule has 9 heteroatoms. The average molecular weight is 361 g/mol. The van der Waals surface area contributed by atoms with Crippen LogP contribution in [0.4, 0.5) is 0 Å². The lowest BCUT2D eigenvalue weighted by Crippen LogP contribution is -2.12. The minimum absolute atomic E-state index is 0.0170. The highest BCUT2D eigenvalue weighted by Crippen LogP contribution is 2.24. The molecule has 0 fully saturated rings. The van der Waals surface area contributed by atoms with E-state index in [0.29, 0.717) is 15.9 Å². The Labute approximate surface area is 140 Å². The number of para-hydroxylation sites is 1. The first-order chi connectivity index (χ1) is 11.5. The van der Waals surface area contributed by atoms with Crippen molar-refractivity contribution < 1.29 is 8.42 Å². The number of nitrogens with zero attached hydrogens (tertiary/aromatic N) is 3. The summed E-state index contributed by atoms with van der Waals surface area (Å²) in [6.07, 6.45) is 0. The summed E-state index contributed by atoms with van der Waals surface area (Å²) in [7, 11) is -3.95. The van der Waals surface area contributed by atoms with Crippen molar-refractivity contribution in [3.63, 3.8) is 0 Å². The Bertz CT molecular complexity index is 1240. The first-order valence-electron chi connectivity index (χ1n) is 6.85. The van der Waals surface area contributed by atoms with Crippen molar-refractivity contribution in [1.82, 2.24) is 19.8 Å². The van der Waals surface area contributed by atoms with Crippen LogP contribution in [0.3, 0.4) is 0 Å². The molecule has 4 aromatic rings. The van der Waals surface area contributed by atoms with E-state index in [2.05, 4.69) is 15.3 Å². The van der Waals surface area contributed by atoms with E-state index in [-0.39, 0.29) is 15.6 Å². The van der Waals surface area contributed by atoms with Crippen molar-refractivity contribution in [2.24, 2.45) is 0 Å². The zero-order valence-corrected chi connectivity index (χ0v) is 13.5. The van der Waals surface area contributed by atoms with Gasteiger partial charge in [0.25, 0.3) is 5.56 Å². The summed E-state index contributed by atoms with van der Waals surface area (Å²) in [5.41, 5.74) is -0.0641. The average Bonchev–Trinajstić information content (AvgIpc) is 3.00. The number of hydrogen-bond acceptors (Lipinski definition) is 5. The highest BCUT2D eigenvalue weighted by atomic mass is 35.5. The smallest absolute Gasteiger partial charge is 0.267 e. The van der Waals surface area contributed by atoms with Crippen LogP contribution in [0.25, 0.3) is 16.6 Å². The molecular weight excluding hydrogens is 352 g/mol. The molecule has 0 bridgehead atoms. The van der Waals surface area contributed by atoms with Gasteiger partial charge in [0.1, 0.15) is 0 Å². The number of H-pyrrole nitrogens is 1. The molecule has 24 heavy (non-hydrogen) atoms. The van der Waals surface area contributed by atoms with Gasteiger partial charge in [-0.25, -0.2) is 18.1 Å². The minimum Gasteiger partial charge on any atom is -0.267 e. The monoisotopic (exact) mass is 360 g/mol. The van der Waals surface area contributed by atoms with Crippen molar-refractivity contribution in [2.75, 3.05) is 0 Å². The number of fused-ring (bicyclic) bond motifs is 3. The van der Waals surface area contributed by atoms with Gasteiger partial charge in [0.05, 0.1) is 15.8 Å². The summed E-state index contributed by atoms with van der Waals surface area (Å²) in [6.45, 7) is 0. The van der Waals surface area contributed by atoms with Gasteiger partial charge in [0.15, 0.2) is 5.65 Å². The van der Waals surface area contributed by atoms with Gasteiger partial charge >= 0.3 is 0 Å². The van der Waals surface area contributed by atoms with Crippen LogP contribution >= 0.6 is 11.6 Å². The molecule has 2 heterocycles. The number of rotatable bonds is 2. The van der Waals surface area contributed by atoms with Crippen LogP contribution < -0.4 is 5.56 Å². The number of hydrogen-bond donors (Lipinski definition) is 1. The summed E-state index contributed by atoms with van der Waals surface area (Å²) >= 11 is 5.79. The lowest BCUT2D eigenvalue weighted by atomic mass is 10.2. The number of nitrogens with one attached hydrogen (secondary N) is 1. The van der Waals surface area contributed by atoms with Crippen molar-refractivity contribution in [3.05, 3.63) is 63.9 Å². The van der Waals surface area contributed by atoms with E-state index >= 15 is 0 Å². The van der Waals surface area contributed by atoms with Crippen LogP contribution in [0.1, 0.15) is 0 Å². The summed E-state index contributed by atoms with van der Waals surface area (Å²) in [6, 6.07) is 12.4. The SMILES string of the molecule is O=c1nc2c(S(=O)(=O)c3ccc(Cl)cc3)n[nH]n2c2ccccc12. The van der Waals surface area contributed by atoms with Crippen molar-refractivity contribution in [1.29, 1.82) is 0 Å². The molecule has 0 saturated carbocycles. The summed E-state index contributed by atoms with van der Waals surface area (Å²) in [4.78, 5) is 16.1. The van der Waals surface area contributed by atoms with Crippen molar-refractivity contribution in [3.8, 4) is 0 Å². The zero-order valence-electron chi connectivity index (χ0n) is 12.0. The molecule has 0 spiro atoms. The van der Waals surface area contributed by atoms with E-state index in [1.54, 1.807) is 24.3 Å². The highest BCUT2D eigenvalue weighted by molar-refractivity contribution is 7.91. The molecule has 2 aromatic heterocycles.